The molecule has 1 saturated heterocycles. The molecule has 0 radical (unpaired) electrons. The van der Waals surface area contributed by atoms with Crippen LogP contribution in [0.5, 0.6) is 0 Å². The van der Waals surface area contributed by atoms with Gasteiger partial charge in [0.05, 0.1) is 6.26 Å². The number of pyridine rings is 1. The van der Waals surface area contributed by atoms with Crippen LogP contribution in [-0.2, 0) is 6.42 Å². The number of hydrogen-bond donors (Lipinski definition) is 0. The maximum atomic E-state index is 12.9. The van der Waals surface area contributed by atoms with Crippen molar-refractivity contribution in [1.82, 2.24) is 14.8 Å². The van der Waals surface area contributed by atoms with E-state index in [1.54, 1.807) is 18.4 Å². The minimum atomic E-state index is 0.0637. The summed E-state index contributed by atoms with van der Waals surface area (Å²) in [6, 6.07) is 10.0. The van der Waals surface area contributed by atoms with Crippen LogP contribution in [0.1, 0.15) is 41.9 Å². The third-order valence-electron chi connectivity index (χ3n) is 5.55. The molecule has 4 rings (SSSR count). The molecule has 1 amide bonds. The van der Waals surface area contributed by atoms with Gasteiger partial charge < -0.3 is 14.2 Å². The molecule has 1 aliphatic carbocycles. The monoisotopic (exact) mass is 353 g/mol. The zero-order chi connectivity index (χ0) is 17.8. The molecule has 0 unspecified atom stereocenters. The Labute approximate surface area is 155 Å². The highest BCUT2D eigenvalue weighted by molar-refractivity contribution is 5.91. The maximum absolute atomic E-state index is 12.9. The summed E-state index contributed by atoms with van der Waals surface area (Å²) in [5.41, 5.74) is 1.15. The van der Waals surface area contributed by atoms with Crippen LogP contribution in [-0.4, -0.2) is 52.9 Å². The third-order valence-corrected chi connectivity index (χ3v) is 5.55. The zero-order valence-corrected chi connectivity index (χ0v) is 15.2. The van der Waals surface area contributed by atoms with E-state index in [-0.39, 0.29) is 5.91 Å². The lowest BCUT2D eigenvalue weighted by Crippen LogP contribution is -2.48. The highest BCUT2D eigenvalue weighted by Gasteiger charge is 2.34. The molecule has 26 heavy (non-hydrogen) atoms. The van der Waals surface area contributed by atoms with Crippen LogP contribution in [0.15, 0.2) is 47.2 Å². The minimum absolute atomic E-state index is 0.0637. The summed E-state index contributed by atoms with van der Waals surface area (Å²) in [5.74, 6) is 1.23. The molecule has 1 aliphatic heterocycles. The van der Waals surface area contributed by atoms with Gasteiger partial charge in [0.1, 0.15) is 0 Å². The van der Waals surface area contributed by atoms with Crippen molar-refractivity contribution in [3.05, 3.63) is 54.2 Å². The smallest absolute Gasteiger partial charge is 0.289 e. The van der Waals surface area contributed by atoms with Gasteiger partial charge in [-0.25, -0.2) is 0 Å². The molecule has 3 heterocycles. The highest BCUT2D eigenvalue weighted by atomic mass is 16.3. The van der Waals surface area contributed by atoms with Crippen molar-refractivity contribution >= 4 is 5.91 Å². The Morgan fingerprint density at radius 3 is 2.65 bits per heavy atom. The number of nitrogens with zero attached hydrogens (tertiary/aromatic N) is 3. The fourth-order valence-corrected chi connectivity index (χ4v) is 3.79. The van der Waals surface area contributed by atoms with Crippen molar-refractivity contribution in [2.24, 2.45) is 5.92 Å². The molecule has 2 aliphatic rings. The van der Waals surface area contributed by atoms with Gasteiger partial charge in [0.2, 0.25) is 0 Å². The van der Waals surface area contributed by atoms with E-state index in [0.717, 1.165) is 51.1 Å². The molecule has 0 N–H and O–H groups in total. The molecule has 1 saturated carbocycles. The van der Waals surface area contributed by atoms with Crippen LogP contribution >= 0.6 is 0 Å². The van der Waals surface area contributed by atoms with Crippen LogP contribution in [0.25, 0.3) is 0 Å². The van der Waals surface area contributed by atoms with E-state index in [1.807, 2.05) is 18.3 Å². The molecule has 138 valence electrons. The Bertz CT molecular complexity index is 689. The van der Waals surface area contributed by atoms with Crippen molar-refractivity contribution in [1.29, 1.82) is 0 Å². The lowest BCUT2D eigenvalue weighted by Gasteiger charge is -2.38. The average molecular weight is 353 g/mol. The molecular formula is C21H27N3O2. The van der Waals surface area contributed by atoms with Gasteiger partial charge in [-0.3, -0.25) is 9.78 Å². The summed E-state index contributed by atoms with van der Waals surface area (Å²) in [4.78, 5) is 21.9. The van der Waals surface area contributed by atoms with Crippen LogP contribution in [0.4, 0.5) is 0 Å². The van der Waals surface area contributed by atoms with Gasteiger partial charge >= 0.3 is 0 Å². The second-order valence-electron chi connectivity index (χ2n) is 7.52. The first kappa shape index (κ1) is 17.3. The molecule has 5 nitrogen and oxygen atoms in total. The zero-order valence-electron chi connectivity index (χ0n) is 15.2. The van der Waals surface area contributed by atoms with Crippen molar-refractivity contribution < 1.29 is 9.21 Å². The second kappa shape index (κ2) is 8.04. The van der Waals surface area contributed by atoms with Crippen LogP contribution in [0, 0.1) is 5.92 Å². The molecule has 2 aromatic heterocycles. The molecule has 0 spiro atoms. The van der Waals surface area contributed by atoms with E-state index in [0.29, 0.717) is 17.7 Å². The maximum Gasteiger partial charge on any atom is 0.289 e. The van der Waals surface area contributed by atoms with E-state index in [4.69, 9.17) is 4.42 Å². The predicted octanol–water partition coefficient (Wildman–Crippen LogP) is 3.23. The molecule has 5 heteroatoms. The van der Waals surface area contributed by atoms with E-state index < -0.39 is 0 Å². The summed E-state index contributed by atoms with van der Waals surface area (Å²) >= 11 is 0. The first-order valence-electron chi connectivity index (χ1n) is 9.76. The Hall–Kier alpha value is -2.14. The number of carbonyl (C=O) groups excluding carboxylic acids is 1. The minimum Gasteiger partial charge on any atom is -0.459 e. The first-order valence-corrected chi connectivity index (χ1v) is 9.76. The lowest BCUT2D eigenvalue weighted by molar-refractivity contribution is 0.0529. The van der Waals surface area contributed by atoms with Crippen LogP contribution in [0.3, 0.4) is 0 Å². The van der Waals surface area contributed by atoms with E-state index in [2.05, 4.69) is 20.9 Å². The molecule has 0 aromatic carbocycles. The van der Waals surface area contributed by atoms with Crippen molar-refractivity contribution in [3.63, 3.8) is 0 Å². The van der Waals surface area contributed by atoms with Crippen LogP contribution in [0.2, 0.25) is 0 Å². The molecule has 0 bridgehead atoms. The number of hydrogen-bond acceptors (Lipinski definition) is 4. The van der Waals surface area contributed by atoms with E-state index in [1.165, 1.54) is 12.8 Å². The Morgan fingerprint density at radius 1 is 1.15 bits per heavy atom. The summed E-state index contributed by atoms with van der Waals surface area (Å²) in [5, 5.41) is 0. The van der Waals surface area contributed by atoms with Gasteiger partial charge in [0.15, 0.2) is 5.76 Å². The van der Waals surface area contributed by atoms with E-state index in [9.17, 15) is 4.79 Å². The topological polar surface area (TPSA) is 49.6 Å². The van der Waals surface area contributed by atoms with Crippen molar-refractivity contribution in [3.8, 4) is 0 Å². The highest BCUT2D eigenvalue weighted by Crippen LogP contribution is 2.32. The average Bonchev–Trinajstić information content (AvgIpc) is 3.35. The van der Waals surface area contributed by atoms with Gasteiger partial charge in [-0.1, -0.05) is 6.07 Å². The van der Waals surface area contributed by atoms with Gasteiger partial charge in [-0.05, 0) is 55.9 Å². The van der Waals surface area contributed by atoms with Gasteiger partial charge in [-0.2, -0.15) is 0 Å². The van der Waals surface area contributed by atoms with E-state index >= 15 is 0 Å². The largest absolute Gasteiger partial charge is 0.459 e. The summed E-state index contributed by atoms with van der Waals surface area (Å²) < 4.78 is 5.37. The standard InChI is InChI=1S/C21H27N3O2/c25-21(20-5-3-15-26-20)24(16-17-6-7-17)19-9-13-23(14-10-19)12-8-18-4-1-2-11-22-18/h1-5,11,15,17,19H,6-10,12-14,16H2. The number of amides is 1. The number of aromatic nitrogens is 1. The SMILES string of the molecule is O=C(c1ccco1)N(CC1CC1)C1CCN(CCc2ccccn2)CC1. The van der Waals surface area contributed by atoms with Gasteiger partial charge in [0.25, 0.3) is 5.91 Å². The Morgan fingerprint density at radius 2 is 2.00 bits per heavy atom. The molecular weight excluding hydrogens is 326 g/mol. The molecule has 0 atom stereocenters. The normalized spacial score (nSPS) is 18.8. The number of likely N-dealkylation sites (tertiary alicyclic amines) is 1. The number of rotatable bonds is 7. The van der Waals surface area contributed by atoms with Gasteiger partial charge in [0, 0.05) is 50.5 Å². The first-order chi connectivity index (χ1) is 12.8. The summed E-state index contributed by atoms with van der Waals surface area (Å²) in [7, 11) is 0. The van der Waals surface area contributed by atoms with Crippen molar-refractivity contribution in [2.45, 2.75) is 38.1 Å². The van der Waals surface area contributed by atoms with Crippen LogP contribution < -0.4 is 0 Å². The Kier molecular flexibility index (Phi) is 5.34. The van der Waals surface area contributed by atoms with Crippen molar-refractivity contribution in [2.75, 3.05) is 26.2 Å². The summed E-state index contributed by atoms with van der Waals surface area (Å²) in [6.07, 6.45) is 9.03. The summed E-state index contributed by atoms with van der Waals surface area (Å²) in [6.45, 7) is 4.02. The molecule has 2 aromatic rings. The van der Waals surface area contributed by atoms with Gasteiger partial charge in [-0.15, -0.1) is 0 Å². The third kappa shape index (κ3) is 4.33. The fourth-order valence-electron chi connectivity index (χ4n) is 3.79. The Balaban J connectivity index is 1.31. The molecule has 2 fully saturated rings. The second-order valence-corrected chi connectivity index (χ2v) is 7.52. The number of furan rings is 1. The number of piperidine rings is 1. The predicted molar refractivity (Wildman–Crippen MR) is 99.9 cm³/mol. The lowest BCUT2D eigenvalue weighted by atomic mass is 10.0. The number of carbonyl (C=O) groups is 1. The fraction of sp³-hybridized carbons (Fsp3) is 0.524. The quantitative estimate of drug-likeness (QED) is 0.767.